The zero-order valence-electron chi connectivity index (χ0n) is 12.4. The van der Waals surface area contributed by atoms with E-state index in [9.17, 15) is 14.7 Å². The summed E-state index contributed by atoms with van der Waals surface area (Å²) in [6, 6.07) is 7.26. The number of para-hydroxylation sites is 1. The Balaban J connectivity index is 2.56. The van der Waals surface area contributed by atoms with Crippen molar-refractivity contribution in [3.63, 3.8) is 0 Å². The van der Waals surface area contributed by atoms with Crippen LogP contribution in [0.15, 0.2) is 36.4 Å². The molecule has 2 atom stereocenters. The summed E-state index contributed by atoms with van der Waals surface area (Å²) in [6.07, 6.45) is 0. The largest absolute Gasteiger partial charge is 0.464 e. The van der Waals surface area contributed by atoms with Gasteiger partial charge in [0.1, 0.15) is 6.04 Å². The lowest BCUT2D eigenvalue weighted by Gasteiger charge is -2.25. The van der Waals surface area contributed by atoms with Crippen LogP contribution in [0, 0.1) is 11.3 Å². The summed E-state index contributed by atoms with van der Waals surface area (Å²) in [5.74, 6) is -1.36. The number of esters is 1. The summed E-state index contributed by atoms with van der Waals surface area (Å²) in [4.78, 5) is 25.8. The predicted molar refractivity (Wildman–Crippen MR) is 78.7 cm³/mol. The first-order valence-electron chi connectivity index (χ1n) is 6.81. The molecule has 6 heteroatoms. The molecule has 0 aliphatic carbocycles. The van der Waals surface area contributed by atoms with E-state index in [1.807, 2.05) is 0 Å². The van der Waals surface area contributed by atoms with Gasteiger partial charge in [-0.3, -0.25) is 9.69 Å². The molecule has 0 aromatic heterocycles. The fraction of sp³-hybridized carbons (Fsp3) is 0.312. The summed E-state index contributed by atoms with van der Waals surface area (Å²) < 4.78 is 4.93. The number of carbonyl (C=O) groups excluding carboxylic acids is 2. The van der Waals surface area contributed by atoms with Crippen LogP contribution >= 0.6 is 0 Å². The molecule has 0 fully saturated rings. The minimum Gasteiger partial charge on any atom is -0.464 e. The molecule has 1 N–H and O–H groups in total. The molecule has 1 aliphatic heterocycles. The third-order valence-electron chi connectivity index (χ3n) is 3.67. The third kappa shape index (κ3) is 2.07. The van der Waals surface area contributed by atoms with Gasteiger partial charge in [0.15, 0.2) is 0 Å². The summed E-state index contributed by atoms with van der Waals surface area (Å²) >= 11 is 0. The number of fused-ring (bicyclic) bond motifs is 1. The Morgan fingerprint density at radius 1 is 1.55 bits per heavy atom. The molecule has 22 heavy (non-hydrogen) atoms. The number of anilines is 1. The van der Waals surface area contributed by atoms with Crippen LogP contribution in [0.25, 0.3) is 0 Å². The molecule has 0 saturated heterocycles. The fourth-order valence-electron chi connectivity index (χ4n) is 2.51. The number of aliphatic hydroxyl groups is 1. The molecule has 1 aliphatic rings. The molecule has 0 bridgehead atoms. The quantitative estimate of drug-likeness (QED) is 0.667. The molecule has 114 valence electrons. The van der Waals surface area contributed by atoms with Crippen LogP contribution in [0.3, 0.4) is 0 Å². The molecular weight excluding hydrogens is 284 g/mol. The van der Waals surface area contributed by atoms with E-state index in [1.165, 1.54) is 13.0 Å². The van der Waals surface area contributed by atoms with E-state index >= 15 is 0 Å². The minimum atomic E-state index is -2.15. The fourth-order valence-corrected chi connectivity index (χ4v) is 2.51. The second kappa shape index (κ2) is 5.62. The van der Waals surface area contributed by atoms with Crippen LogP contribution in [0.1, 0.15) is 19.4 Å². The van der Waals surface area contributed by atoms with Gasteiger partial charge in [0.2, 0.25) is 5.60 Å². The predicted octanol–water partition coefficient (Wildman–Crippen LogP) is 1.25. The van der Waals surface area contributed by atoms with Crippen molar-refractivity contribution in [2.24, 2.45) is 0 Å². The lowest BCUT2D eigenvalue weighted by molar-refractivity contribution is -0.146. The number of nitriles is 1. The van der Waals surface area contributed by atoms with Crippen molar-refractivity contribution in [2.45, 2.75) is 25.5 Å². The highest BCUT2D eigenvalue weighted by atomic mass is 16.5. The van der Waals surface area contributed by atoms with Gasteiger partial charge in [-0.15, -0.1) is 0 Å². The maximum Gasteiger partial charge on any atom is 0.328 e. The van der Waals surface area contributed by atoms with Crippen LogP contribution in [0.4, 0.5) is 5.69 Å². The van der Waals surface area contributed by atoms with Crippen molar-refractivity contribution in [1.29, 1.82) is 5.26 Å². The van der Waals surface area contributed by atoms with Gasteiger partial charge in [-0.05, 0) is 19.9 Å². The zero-order chi connectivity index (χ0) is 16.5. The number of hydrogen-bond acceptors (Lipinski definition) is 5. The van der Waals surface area contributed by atoms with E-state index in [0.29, 0.717) is 5.69 Å². The Hall–Kier alpha value is -2.65. The maximum absolute atomic E-state index is 12.7. The lowest BCUT2D eigenvalue weighted by atomic mass is 9.89. The van der Waals surface area contributed by atoms with Crippen LogP contribution in [0.2, 0.25) is 0 Å². The van der Waals surface area contributed by atoms with Gasteiger partial charge in [-0.25, -0.2) is 4.79 Å². The van der Waals surface area contributed by atoms with Gasteiger partial charge in [-0.2, -0.15) is 5.26 Å². The highest BCUT2D eigenvalue weighted by Crippen LogP contribution is 2.44. The summed E-state index contributed by atoms with van der Waals surface area (Å²) in [5, 5.41) is 19.8. The molecule has 1 amide bonds. The van der Waals surface area contributed by atoms with Gasteiger partial charge in [0.25, 0.3) is 5.91 Å². The van der Waals surface area contributed by atoms with E-state index in [0.717, 1.165) is 4.90 Å². The summed E-state index contributed by atoms with van der Waals surface area (Å²) in [7, 11) is 0. The molecule has 2 rings (SSSR count). The van der Waals surface area contributed by atoms with Crippen LogP contribution in [-0.4, -0.2) is 29.6 Å². The second-order valence-corrected chi connectivity index (χ2v) is 4.92. The van der Waals surface area contributed by atoms with Crippen molar-refractivity contribution in [3.05, 3.63) is 42.0 Å². The first-order chi connectivity index (χ1) is 10.4. The van der Waals surface area contributed by atoms with Gasteiger partial charge in [0.05, 0.1) is 23.9 Å². The molecule has 1 aromatic rings. The zero-order valence-corrected chi connectivity index (χ0v) is 12.4. The Morgan fingerprint density at radius 2 is 2.18 bits per heavy atom. The molecule has 0 saturated carbocycles. The lowest BCUT2D eigenvalue weighted by Crippen LogP contribution is -2.48. The van der Waals surface area contributed by atoms with Gasteiger partial charge in [-0.1, -0.05) is 24.8 Å². The standard InChI is InChI=1S/C16H16N2O4/c1-4-22-14(19)11(3)18-13-8-6-5-7-12(13)16(21,15(18)20)10(2)9-17/h5-8,11,21H,2,4H2,1,3H3. The first kappa shape index (κ1) is 15.7. The Kier molecular flexibility index (Phi) is 4.02. The third-order valence-corrected chi connectivity index (χ3v) is 3.67. The van der Waals surface area contributed by atoms with Crippen molar-refractivity contribution in [2.75, 3.05) is 11.5 Å². The molecule has 0 radical (unpaired) electrons. The first-order valence-corrected chi connectivity index (χ1v) is 6.81. The summed E-state index contributed by atoms with van der Waals surface area (Å²) in [6.45, 7) is 6.83. The topological polar surface area (TPSA) is 90.6 Å². The number of rotatable bonds is 4. The van der Waals surface area contributed by atoms with Crippen molar-refractivity contribution >= 4 is 17.6 Å². The Labute approximate surface area is 128 Å². The molecule has 2 unspecified atom stereocenters. The number of benzene rings is 1. The number of carbonyl (C=O) groups is 2. The monoisotopic (exact) mass is 300 g/mol. The van der Waals surface area contributed by atoms with Gasteiger partial charge >= 0.3 is 5.97 Å². The number of nitrogens with zero attached hydrogens (tertiary/aromatic N) is 2. The SMILES string of the molecule is C=C(C#N)C1(O)C(=O)N(C(C)C(=O)OCC)c2ccccc21. The molecule has 6 nitrogen and oxygen atoms in total. The maximum atomic E-state index is 12.7. The Bertz CT molecular complexity index is 692. The molecule has 0 spiro atoms. The van der Waals surface area contributed by atoms with Gasteiger partial charge < -0.3 is 9.84 Å². The van der Waals surface area contributed by atoms with E-state index in [1.54, 1.807) is 31.2 Å². The van der Waals surface area contributed by atoms with Crippen LogP contribution in [-0.2, 0) is 19.9 Å². The summed E-state index contributed by atoms with van der Waals surface area (Å²) in [5.41, 5.74) is -1.83. The number of ether oxygens (including phenoxy) is 1. The average molecular weight is 300 g/mol. The van der Waals surface area contributed by atoms with E-state index in [4.69, 9.17) is 10.00 Å². The number of amides is 1. The highest BCUT2D eigenvalue weighted by Gasteiger charge is 2.54. The normalized spacial score (nSPS) is 21.0. The minimum absolute atomic E-state index is 0.183. The molecule has 1 heterocycles. The van der Waals surface area contributed by atoms with Crippen LogP contribution < -0.4 is 4.90 Å². The molecule has 1 aromatic carbocycles. The molecular formula is C16H16N2O4. The Morgan fingerprint density at radius 3 is 2.77 bits per heavy atom. The van der Waals surface area contributed by atoms with E-state index in [-0.39, 0.29) is 17.7 Å². The van der Waals surface area contributed by atoms with E-state index < -0.39 is 23.5 Å². The van der Waals surface area contributed by atoms with E-state index in [2.05, 4.69) is 6.58 Å². The van der Waals surface area contributed by atoms with Crippen molar-refractivity contribution in [3.8, 4) is 6.07 Å². The highest BCUT2D eigenvalue weighted by molar-refractivity contribution is 6.12. The average Bonchev–Trinajstić information content (AvgIpc) is 2.75. The van der Waals surface area contributed by atoms with Crippen LogP contribution in [0.5, 0.6) is 0 Å². The number of hydrogen-bond donors (Lipinski definition) is 1. The second-order valence-electron chi connectivity index (χ2n) is 4.92. The smallest absolute Gasteiger partial charge is 0.328 e. The van der Waals surface area contributed by atoms with Crippen molar-refractivity contribution in [1.82, 2.24) is 0 Å². The van der Waals surface area contributed by atoms with Crippen molar-refractivity contribution < 1.29 is 19.4 Å². The van der Waals surface area contributed by atoms with Gasteiger partial charge in [0, 0.05) is 5.56 Å².